The summed E-state index contributed by atoms with van der Waals surface area (Å²) in [5.74, 6) is -2.90. The molecule has 0 aromatic heterocycles. The monoisotopic (exact) mass is 230 g/mol. The van der Waals surface area contributed by atoms with Crippen molar-refractivity contribution in [1.29, 1.82) is 0 Å². The first-order valence-electron chi connectivity index (χ1n) is 5.31. The molecular formula is C12H13F3O. The summed E-state index contributed by atoms with van der Waals surface area (Å²) in [5, 5.41) is 9.07. The van der Waals surface area contributed by atoms with Gasteiger partial charge < -0.3 is 5.11 Å². The van der Waals surface area contributed by atoms with E-state index in [0.717, 1.165) is 18.9 Å². The average Bonchev–Trinajstić information content (AvgIpc) is 3.02. The van der Waals surface area contributed by atoms with Gasteiger partial charge in [-0.3, -0.25) is 0 Å². The Hall–Kier alpha value is -1.03. The molecule has 0 radical (unpaired) electrons. The van der Waals surface area contributed by atoms with Crippen molar-refractivity contribution in [1.82, 2.24) is 0 Å². The Morgan fingerprint density at radius 3 is 2.25 bits per heavy atom. The number of hydrogen-bond acceptors (Lipinski definition) is 1. The van der Waals surface area contributed by atoms with Crippen molar-refractivity contribution in [3.63, 3.8) is 0 Å². The third kappa shape index (κ3) is 2.21. The zero-order valence-electron chi connectivity index (χ0n) is 8.77. The minimum atomic E-state index is -1.16. The topological polar surface area (TPSA) is 20.2 Å². The first-order valence-corrected chi connectivity index (χ1v) is 5.31. The zero-order chi connectivity index (χ0) is 11.8. The fraction of sp³-hybridized carbons (Fsp3) is 0.500. The predicted octanol–water partition coefficient (Wildman–Crippen LogP) is 2.81. The summed E-state index contributed by atoms with van der Waals surface area (Å²) < 4.78 is 38.8. The second kappa shape index (κ2) is 4.09. The first kappa shape index (κ1) is 11.5. The number of aliphatic hydroxyl groups is 1. The van der Waals surface area contributed by atoms with Crippen LogP contribution in [0, 0.1) is 22.9 Å². The van der Waals surface area contributed by atoms with E-state index in [4.69, 9.17) is 5.11 Å². The fourth-order valence-electron chi connectivity index (χ4n) is 1.82. The Balaban J connectivity index is 2.07. The molecule has 1 aromatic rings. The van der Waals surface area contributed by atoms with Crippen LogP contribution in [0.4, 0.5) is 13.2 Å². The Kier molecular flexibility index (Phi) is 2.93. The number of aliphatic hydroxyl groups excluding tert-OH is 1. The summed E-state index contributed by atoms with van der Waals surface area (Å²) in [6.07, 6.45) is 2.80. The van der Waals surface area contributed by atoms with Gasteiger partial charge in [0.2, 0.25) is 0 Å². The summed E-state index contributed by atoms with van der Waals surface area (Å²) >= 11 is 0. The maximum atomic E-state index is 13.3. The summed E-state index contributed by atoms with van der Waals surface area (Å²) in [4.78, 5) is 0. The number of halogens is 3. The van der Waals surface area contributed by atoms with Crippen LogP contribution in [0.25, 0.3) is 0 Å². The normalized spacial score (nSPS) is 17.5. The van der Waals surface area contributed by atoms with Gasteiger partial charge in [-0.05, 0) is 42.7 Å². The number of rotatable bonds is 4. The smallest absolute Gasteiger partial charge is 0.161 e. The Morgan fingerprint density at radius 1 is 1.06 bits per heavy atom. The standard InChI is InChI=1S/C12H13F3O/c13-9-6-11(15)10(14)5-8(9)1-2-12(7-16)3-4-12/h5-6,16H,1-4,7H2. The molecule has 0 bridgehead atoms. The van der Waals surface area contributed by atoms with Crippen molar-refractivity contribution >= 4 is 0 Å². The molecule has 16 heavy (non-hydrogen) atoms. The van der Waals surface area contributed by atoms with Gasteiger partial charge in [-0.15, -0.1) is 0 Å². The molecule has 0 atom stereocenters. The zero-order valence-corrected chi connectivity index (χ0v) is 8.77. The van der Waals surface area contributed by atoms with E-state index in [2.05, 4.69) is 0 Å². The summed E-state index contributed by atoms with van der Waals surface area (Å²) in [7, 11) is 0. The van der Waals surface area contributed by atoms with Crippen LogP contribution in [0.2, 0.25) is 0 Å². The van der Waals surface area contributed by atoms with Gasteiger partial charge in [-0.1, -0.05) is 0 Å². The van der Waals surface area contributed by atoms with E-state index < -0.39 is 17.5 Å². The molecule has 4 heteroatoms. The lowest BCUT2D eigenvalue weighted by Gasteiger charge is -2.11. The molecule has 88 valence electrons. The second-order valence-electron chi connectivity index (χ2n) is 4.52. The van der Waals surface area contributed by atoms with E-state index in [1.165, 1.54) is 0 Å². The van der Waals surface area contributed by atoms with Crippen LogP contribution in [-0.2, 0) is 6.42 Å². The molecule has 0 aliphatic heterocycles. The van der Waals surface area contributed by atoms with Gasteiger partial charge in [0.05, 0.1) is 0 Å². The molecule has 1 N–H and O–H groups in total. The molecule has 1 saturated carbocycles. The quantitative estimate of drug-likeness (QED) is 0.788. The highest BCUT2D eigenvalue weighted by atomic mass is 19.2. The third-order valence-electron chi connectivity index (χ3n) is 3.31. The minimum Gasteiger partial charge on any atom is -0.396 e. The maximum absolute atomic E-state index is 13.3. The number of aryl methyl sites for hydroxylation is 1. The van der Waals surface area contributed by atoms with E-state index >= 15 is 0 Å². The lowest BCUT2D eigenvalue weighted by Crippen LogP contribution is -2.08. The van der Waals surface area contributed by atoms with Crippen molar-refractivity contribution < 1.29 is 18.3 Å². The first-order chi connectivity index (χ1) is 7.56. The van der Waals surface area contributed by atoms with Crippen LogP contribution in [0.3, 0.4) is 0 Å². The molecule has 0 unspecified atom stereocenters. The van der Waals surface area contributed by atoms with E-state index in [1.54, 1.807) is 0 Å². The maximum Gasteiger partial charge on any atom is 0.161 e. The van der Waals surface area contributed by atoms with E-state index in [-0.39, 0.29) is 17.6 Å². The van der Waals surface area contributed by atoms with Crippen LogP contribution in [0.1, 0.15) is 24.8 Å². The van der Waals surface area contributed by atoms with Gasteiger partial charge in [0.25, 0.3) is 0 Å². The van der Waals surface area contributed by atoms with Gasteiger partial charge in [0.15, 0.2) is 11.6 Å². The van der Waals surface area contributed by atoms with Gasteiger partial charge in [-0.25, -0.2) is 13.2 Å². The Labute approximate surface area is 91.9 Å². The molecule has 1 aliphatic carbocycles. The summed E-state index contributed by atoms with van der Waals surface area (Å²) in [6.45, 7) is 0.0816. The van der Waals surface area contributed by atoms with Crippen molar-refractivity contribution in [2.45, 2.75) is 25.7 Å². The molecule has 0 amide bonds. The van der Waals surface area contributed by atoms with Crippen molar-refractivity contribution in [3.05, 3.63) is 35.1 Å². The highest BCUT2D eigenvalue weighted by Crippen LogP contribution is 2.48. The fourth-order valence-corrected chi connectivity index (χ4v) is 1.82. The molecule has 1 fully saturated rings. The molecule has 0 saturated heterocycles. The van der Waals surface area contributed by atoms with Gasteiger partial charge >= 0.3 is 0 Å². The average molecular weight is 230 g/mol. The molecule has 0 heterocycles. The van der Waals surface area contributed by atoms with Crippen molar-refractivity contribution in [3.8, 4) is 0 Å². The third-order valence-corrected chi connectivity index (χ3v) is 3.31. The molecule has 0 spiro atoms. The minimum absolute atomic E-state index is 0.0816. The van der Waals surface area contributed by atoms with Gasteiger partial charge in [0, 0.05) is 12.7 Å². The van der Waals surface area contributed by atoms with Gasteiger partial charge in [0.1, 0.15) is 5.82 Å². The predicted molar refractivity (Wildman–Crippen MR) is 53.4 cm³/mol. The van der Waals surface area contributed by atoms with Crippen LogP contribution >= 0.6 is 0 Å². The van der Waals surface area contributed by atoms with Gasteiger partial charge in [-0.2, -0.15) is 0 Å². The number of hydrogen-bond donors (Lipinski definition) is 1. The number of benzene rings is 1. The SMILES string of the molecule is OCC1(CCc2cc(F)c(F)cc2F)CC1. The summed E-state index contributed by atoms with van der Waals surface area (Å²) in [5.41, 5.74) is 0.0794. The van der Waals surface area contributed by atoms with Crippen LogP contribution in [-0.4, -0.2) is 11.7 Å². The second-order valence-corrected chi connectivity index (χ2v) is 4.52. The van der Waals surface area contributed by atoms with Crippen LogP contribution in [0.5, 0.6) is 0 Å². The largest absolute Gasteiger partial charge is 0.396 e. The molecule has 2 rings (SSSR count). The molecular weight excluding hydrogens is 217 g/mol. The van der Waals surface area contributed by atoms with E-state index in [9.17, 15) is 13.2 Å². The highest BCUT2D eigenvalue weighted by Gasteiger charge is 2.41. The lowest BCUT2D eigenvalue weighted by molar-refractivity contribution is 0.203. The van der Waals surface area contributed by atoms with Crippen molar-refractivity contribution in [2.24, 2.45) is 5.41 Å². The van der Waals surface area contributed by atoms with Crippen molar-refractivity contribution in [2.75, 3.05) is 6.61 Å². The molecule has 1 aromatic carbocycles. The lowest BCUT2D eigenvalue weighted by atomic mass is 9.97. The van der Waals surface area contributed by atoms with E-state index in [1.807, 2.05) is 0 Å². The van der Waals surface area contributed by atoms with Crippen LogP contribution < -0.4 is 0 Å². The Morgan fingerprint density at radius 2 is 1.69 bits per heavy atom. The molecule has 1 nitrogen and oxygen atoms in total. The Bertz CT molecular complexity index is 399. The highest BCUT2D eigenvalue weighted by molar-refractivity contribution is 5.20. The van der Waals surface area contributed by atoms with Crippen LogP contribution in [0.15, 0.2) is 12.1 Å². The summed E-state index contributed by atoms with van der Waals surface area (Å²) in [6, 6.07) is 1.47. The van der Waals surface area contributed by atoms with E-state index in [0.29, 0.717) is 18.9 Å². The molecule has 1 aliphatic rings.